The number of aliphatic hydroxyl groups is 1. The quantitative estimate of drug-likeness (QED) is 0.834. The minimum Gasteiger partial charge on any atom is -0.396 e. The molecular weight excluding hydrogens is 309 g/mol. The second-order valence-corrected chi connectivity index (χ2v) is 4.98. The Labute approximate surface area is 128 Å². The number of nitrogens with one attached hydrogen (secondary N) is 1. The third-order valence-electron chi connectivity index (χ3n) is 3.41. The van der Waals surface area contributed by atoms with Crippen LogP contribution < -0.4 is 5.32 Å². The molecule has 0 saturated carbocycles. The summed E-state index contributed by atoms with van der Waals surface area (Å²) in [6.07, 6.45) is 0.286. The minimum absolute atomic E-state index is 0. The van der Waals surface area contributed by atoms with Crippen molar-refractivity contribution in [1.82, 2.24) is 10.2 Å². The van der Waals surface area contributed by atoms with E-state index in [1.807, 2.05) is 4.90 Å². The fourth-order valence-electron chi connectivity index (χ4n) is 2.47. The summed E-state index contributed by atoms with van der Waals surface area (Å²) in [5.74, 6) is -1.34. The first-order valence-electron chi connectivity index (χ1n) is 6.34. The number of halogens is 4. The standard InChI is InChI=1S/C13H17ClF2N2O.ClH/c14-9-1-2-10(15)12(13(9)16)11(3-8-19)18-6-4-17-5-7-18;/h1-2,11,17,19H,3-8H2;1H/t11-;/m1./s1. The minimum atomic E-state index is -0.723. The van der Waals surface area contributed by atoms with Gasteiger partial charge in [0.1, 0.15) is 11.6 Å². The average Bonchev–Trinajstić information content (AvgIpc) is 2.43. The maximum absolute atomic E-state index is 14.1. The first kappa shape index (κ1) is 17.6. The van der Waals surface area contributed by atoms with Gasteiger partial charge in [0.2, 0.25) is 0 Å². The van der Waals surface area contributed by atoms with Gasteiger partial charge < -0.3 is 10.4 Å². The third kappa shape index (κ3) is 3.80. The highest BCUT2D eigenvalue weighted by Gasteiger charge is 2.28. The number of rotatable bonds is 4. The molecule has 1 aliphatic rings. The van der Waals surface area contributed by atoms with Crippen molar-refractivity contribution in [2.24, 2.45) is 0 Å². The fraction of sp³-hybridized carbons (Fsp3) is 0.538. The highest BCUT2D eigenvalue weighted by atomic mass is 35.5. The lowest BCUT2D eigenvalue weighted by Gasteiger charge is -2.35. The number of aliphatic hydroxyl groups excluding tert-OH is 1. The van der Waals surface area contributed by atoms with Crippen molar-refractivity contribution in [2.45, 2.75) is 12.5 Å². The maximum atomic E-state index is 14.1. The molecule has 1 atom stereocenters. The molecule has 1 heterocycles. The summed E-state index contributed by atoms with van der Waals surface area (Å²) in [6.45, 7) is 2.80. The smallest absolute Gasteiger partial charge is 0.149 e. The van der Waals surface area contributed by atoms with Crippen molar-refractivity contribution in [1.29, 1.82) is 0 Å². The lowest BCUT2D eigenvalue weighted by atomic mass is 10.00. The van der Waals surface area contributed by atoms with Gasteiger partial charge in [-0.1, -0.05) is 11.6 Å². The third-order valence-corrected chi connectivity index (χ3v) is 3.70. The van der Waals surface area contributed by atoms with Crippen molar-refractivity contribution in [3.63, 3.8) is 0 Å². The highest BCUT2D eigenvalue weighted by Crippen LogP contribution is 2.32. The number of hydrogen-bond donors (Lipinski definition) is 2. The van der Waals surface area contributed by atoms with Crippen LogP contribution in [0.3, 0.4) is 0 Å². The molecule has 0 bridgehead atoms. The lowest BCUT2D eigenvalue weighted by Crippen LogP contribution is -2.45. The molecule has 0 unspecified atom stereocenters. The van der Waals surface area contributed by atoms with Crippen LogP contribution in [0.15, 0.2) is 12.1 Å². The molecule has 3 nitrogen and oxygen atoms in total. The van der Waals surface area contributed by atoms with Crippen molar-refractivity contribution < 1.29 is 13.9 Å². The number of nitrogens with zero attached hydrogens (tertiary/aromatic N) is 1. The second-order valence-electron chi connectivity index (χ2n) is 4.57. The Morgan fingerprint density at radius 1 is 1.30 bits per heavy atom. The Morgan fingerprint density at radius 3 is 2.55 bits per heavy atom. The first-order chi connectivity index (χ1) is 9.15. The van der Waals surface area contributed by atoms with E-state index in [0.717, 1.165) is 13.1 Å². The van der Waals surface area contributed by atoms with E-state index < -0.39 is 17.7 Å². The predicted molar refractivity (Wildman–Crippen MR) is 77.5 cm³/mol. The lowest BCUT2D eigenvalue weighted by molar-refractivity contribution is 0.135. The number of piperazine rings is 1. The molecule has 0 radical (unpaired) electrons. The van der Waals surface area contributed by atoms with Crippen molar-refractivity contribution in [3.05, 3.63) is 34.4 Å². The summed E-state index contributed by atoms with van der Waals surface area (Å²) in [5.41, 5.74) is -0.0385. The highest BCUT2D eigenvalue weighted by molar-refractivity contribution is 6.30. The van der Waals surface area contributed by atoms with E-state index in [2.05, 4.69) is 5.32 Å². The molecule has 20 heavy (non-hydrogen) atoms. The van der Waals surface area contributed by atoms with Gasteiger partial charge in [-0.05, 0) is 18.6 Å². The Bertz CT molecular complexity index is 443. The van der Waals surface area contributed by atoms with Crippen LogP contribution in [-0.4, -0.2) is 42.8 Å². The molecule has 1 fully saturated rings. The summed E-state index contributed by atoms with van der Waals surface area (Å²) in [4.78, 5) is 1.98. The SMILES string of the molecule is Cl.OCC[C@H](c1c(F)ccc(Cl)c1F)N1CCNCC1. The van der Waals surface area contributed by atoms with Gasteiger partial charge in [0.15, 0.2) is 0 Å². The Hall–Kier alpha value is -0.460. The Balaban J connectivity index is 0.00000200. The van der Waals surface area contributed by atoms with Crippen LogP contribution in [0.2, 0.25) is 5.02 Å². The molecule has 0 spiro atoms. The largest absolute Gasteiger partial charge is 0.396 e. The Morgan fingerprint density at radius 2 is 1.95 bits per heavy atom. The molecule has 1 aliphatic heterocycles. The molecule has 0 aliphatic carbocycles. The van der Waals surface area contributed by atoms with Gasteiger partial charge >= 0.3 is 0 Å². The summed E-state index contributed by atoms with van der Waals surface area (Å²) < 4.78 is 28.0. The average molecular weight is 327 g/mol. The molecule has 1 aromatic rings. The van der Waals surface area contributed by atoms with E-state index in [0.29, 0.717) is 13.1 Å². The summed E-state index contributed by atoms with van der Waals surface area (Å²) in [7, 11) is 0. The van der Waals surface area contributed by atoms with Gasteiger partial charge in [0.25, 0.3) is 0 Å². The van der Waals surface area contributed by atoms with Crippen LogP contribution in [0.25, 0.3) is 0 Å². The Kier molecular flexibility index (Phi) is 7.12. The van der Waals surface area contributed by atoms with E-state index in [1.165, 1.54) is 12.1 Å². The van der Waals surface area contributed by atoms with Gasteiger partial charge in [0, 0.05) is 44.4 Å². The van der Waals surface area contributed by atoms with Crippen molar-refractivity contribution in [3.8, 4) is 0 Å². The zero-order chi connectivity index (χ0) is 13.8. The molecule has 0 amide bonds. The number of hydrogen-bond acceptors (Lipinski definition) is 3. The molecular formula is C13H18Cl2F2N2O. The van der Waals surface area contributed by atoms with E-state index in [9.17, 15) is 8.78 Å². The van der Waals surface area contributed by atoms with Crippen LogP contribution in [0, 0.1) is 11.6 Å². The molecule has 1 saturated heterocycles. The summed E-state index contributed by atoms with van der Waals surface area (Å²) in [6, 6.07) is 1.90. The van der Waals surface area contributed by atoms with Gasteiger partial charge in [-0.2, -0.15) is 0 Å². The molecule has 2 rings (SSSR count). The first-order valence-corrected chi connectivity index (χ1v) is 6.72. The molecule has 7 heteroatoms. The fourth-order valence-corrected chi connectivity index (χ4v) is 2.64. The normalized spacial score (nSPS) is 17.6. The van der Waals surface area contributed by atoms with E-state index in [4.69, 9.17) is 16.7 Å². The van der Waals surface area contributed by atoms with Crippen LogP contribution >= 0.6 is 24.0 Å². The molecule has 1 aromatic carbocycles. The monoisotopic (exact) mass is 326 g/mol. The predicted octanol–water partition coefficient (Wildman–Crippen LogP) is 2.37. The summed E-state index contributed by atoms with van der Waals surface area (Å²) >= 11 is 5.73. The van der Waals surface area contributed by atoms with E-state index in [-0.39, 0.29) is 36.0 Å². The van der Waals surface area contributed by atoms with Crippen LogP contribution in [0.4, 0.5) is 8.78 Å². The zero-order valence-electron chi connectivity index (χ0n) is 10.9. The molecule has 2 N–H and O–H groups in total. The van der Waals surface area contributed by atoms with Gasteiger partial charge in [0.05, 0.1) is 5.02 Å². The second kappa shape index (κ2) is 8.10. The van der Waals surface area contributed by atoms with Crippen molar-refractivity contribution >= 4 is 24.0 Å². The molecule has 0 aromatic heterocycles. The number of benzene rings is 1. The zero-order valence-corrected chi connectivity index (χ0v) is 12.5. The van der Waals surface area contributed by atoms with Crippen molar-refractivity contribution in [2.75, 3.05) is 32.8 Å². The van der Waals surface area contributed by atoms with Gasteiger partial charge in [-0.25, -0.2) is 8.78 Å². The van der Waals surface area contributed by atoms with Crippen LogP contribution in [-0.2, 0) is 0 Å². The topological polar surface area (TPSA) is 35.5 Å². The van der Waals surface area contributed by atoms with Gasteiger partial charge in [-0.15, -0.1) is 12.4 Å². The van der Waals surface area contributed by atoms with E-state index >= 15 is 0 Å². The maximum Gasteiger partial charge on any atom is 0.149 e. The van der Waals surface area contributed by atoms with Gasteiger partial charge in [-0.3, -0.25) is 4.90 Å². The molecule has 114 valence electrons. The summed E-state index contributed by atoms with van der Waals surface area (Å²) in [5, 5.41) is 12.3. The van der Waals surface area contributed by atoms with Crippen LogP contribution in [0.5, 0.6) is 0 Å². The van der Waals surface area contributed by atoms with Crippen LogP contribution in [0.1, 0.15) is 18.0 Å². The van der Waals surface area contributed by atoms with E-state index in [1.54, 1.807) is 0 Å².